The Morgan fingerprint density at radius 2 is 0.773 bits per heavy atom. The first kappa shape index (κ1) is 38.2. The summed E-state index contributed by atoms with van der Waals surface area (Å²) in [4.78, 5) is 0. The molecule has 0 radical (unpaired) electrons. The van der Waals surface area contributed by atoms with Gasteiger partial charge in [-0.15, -0.1) is 0 Å². The predicted octanol–water partition coefficient (Wildman–Crippen LogP) is 8.66. The molecule has 2 aromatic rings. The molecule has 15 heteroatoms. The van der Waals surface area contributed by atoms with Crippen molar-refractivity contribution in [2.75, 3.05) is 58.7 Å². The molecule has 248 valence electrons. The maximum Gasteiger partial charge on any atom is 0.367 e. The molecule has 0 aliphatic heterocycles. The second-order valence-electron chi connectivity index (χ2n) is 8.80. The van der Waals surface area contributed by atoms with E-state index < -0.39 is 22.8 Å². The van der Waals surface area contributed by atoms with Crippen LogP contribution in [0.3, 0.4) is 0 Å². The Bertz CT molecular complexity index is 1220. The summed E-state index contributed by atoms with van der Waals surface area (Å²) in [5.41, 5.74) is 1.52. The standard InChI is InChI=1S/C29H45O12P3/c1-7-36-42(30,37-8-2)22-33-27-17-15-25(16-18-27)13-14-26-19-28(34-23-43(31,38-9-3)39-10-4)21-29(20-26)35-24-44(32,40-11-5)41-12-6/h13-21H,7-12,22-24H2,1-6H3/b14-13+. The lowest BCUT2D eigenvalue weighted by atomic mass is 10.1. The van der Waals surface area contributed by atoms with Crippen LogP contribution in [0.4, 0.5) is 0 Å². The molecule has 0 amide bonds. The van der Waals surface area contributed by atoms with Crippen molar-refractivity contribution in [1.82, 2.24) is 0 Å². The largest absolute Gasteiger partial charge is 0.481 e. The van der Waals surface area contributed by atoms with E-state index in [1.54, 1.807) is 71.9 Å². The van der Waals surface area contributed by atoms with Gasteiger partial charge in [0.25, 0.3) is 0 Å². The fourth-order valence-corrected chi connectivity index (χ4v) is 7.65. The van der Waals surface area contributed by atoms with Gasteiger partial charge in [0.2, 0.25) is 0 Å². The molecule has 0 atom stereocenters. The van der Waals surface area contributed by atoms with Crippen LogP contribution in [-0.4, -0.2) is 58.7 Å². The molecular formula is C29H45O12P3. The lowest BCUT2D eigenvalue weighted by Crippen LogP contribution is -2.07. The molecule has 0 aromatic heterocycles. The van der Waals surface area contributed by atoms with E-state index in [0.29, 0.717) is 22.8 Å². The zero-order valence-corrected chi connectivity index (χ0v) is 29.0. The van der Waals surface area contributed by atoms with E-state index in [1.165, 1.54) is 0 Å². The van der Waals surface area contributed by atoms with Crippen molar-refractivity contribution in [3.05, 3.63) is 53.6 Å². The first-order valence-electron chi connectivity index (χ1n) is 14.5. The van der Waals surface area contributed by atoms with E-state index in [2.05, 4.69) is 0 Å². The minimum atomic E-state index is -3.48. The molecule has 12 nitrogen and oxygen atoms in total. The summed E-state index contributed by atoms with van der Waals surface area (Å²) in [6.07, 6.45) is 2.87. The topological polar surface area (TPSA) is 134 Å². The molecule has 0 saturated carbocycles. The fraction of sp³-hybridized carbons (Fsp3) is 0.517. The maximum absolute atomic E-state index is 12.9. The third-order valence-electron chi connectivity index (χ3n) is 5.37. The average molecular weight is 679 g/mol. The molecule has 0 aliphatic rings. The Morgan fingerprint density at radius 1 is 0.455 bits per heavy atom. The van der Waals surface area contributed by atoms with Crippen molar-refractivity contribution in [2.45, 2.75) is 41.5 Å². The van der Waals surface area contributed by atoms with Crippen LogP contribution < -0.4 is 14.2 Å². The molecule has 0 aliphatic carbocycles. The first-order valence-corrected chi connectivity index (χ1v) is 19.7. The van der Waals surface area contributed by atoms with Crippen molar-refractivity contribution < 1.29 is 55.0 Å². The zero-order valence-electron chi connectivity index (χ0n) is 26.3. The highest BCUT2D eigenvalue weighted by atomic mass is 31.2. The van der Waals surface area contributed by atoms with E-state index in [0.717, 1.165) is 5.56 Å². The van der Waals surface area contributed by atoms with Crippen LogP contribution in [0.2, 0.25) is 0 Å². The highest BCUT2D eigenvalue weighted by molar-refractivity contribution is 7.54. The van der Waals surface area contributed by atoms with Crippen molar-refractivity contribution in [2.24, 2.45) is 0 Å². The smallest absolute Gasteiger partial charge is 0.367 e. The van der Waals surface area contributed by atoms with Crippen LogP contribution in [0.15, 0.2) is 42.5 Å². The van der Waals surface area contributed by atoms with Gasteiger partial charge in [-0.25, -0.2) is 0 Å². The average Bonchev–Trinajstić information content (AvgIpc) is 2.98. The minimum absolute atomic E-state index is 0.196. The van der Waals surface area contributed by atoms with Gasteiger partial charge in [-0.3, -0.25) is 13.7 Å². The molecule has 0 fully saturated rings. The summed E-state index contributed by atoms with van der Waals surface area (Å²) in [7, 11) is -10.3. The van der Waals surface area contributed by atoms with Crippen LogP contribution in [0.1, 0.15) is 52.7 Å². The summed E-state index contributed by atoms with van der Waals surface area (Å²) in [5.74, 6) is 1.18. The summed E-state index contributed by atoms with van der Waals surface area (Å²) in [6.45, 7) is 11.7. The third-order valence-corrected chi connectivity index (χ3v) is 10.6. The summed E-state index contributed by atoms with van der Waals surface area (Å²) in [5, 5.41) is 0. The molecule has 2 rings (SSSR count). The predicted molar refractivity (Wildman–Crippen MR) is 171 cm³/mol. The summed E-state index contributed by atoms with van der Waals surface area (Å²) >= 11 is 0. The van der Waals surface area contributed by atoms with Gasteiger partial charge in [-0.1, -0.05) is 24.3 Å². The lowest BCUT2D eigenvalue weighted by molar-refractivity contribution is 0.195. The Labute approximate surface area is 260 Å². The van der Waals surface area contributed by atoms with Gasteiger partial charge >= 0.3 is 22.8 Å². The summed E-state index contributed by atoms with van der Waals surface area (Å²) in [6, 6.07) is 12.2. The van der Waals surface area contributed by atoms with Crippen molar-refractivity contribution in [3.63, 3.8) is 0 Å². The highest BCUT2D eigenvalue weighted by Gasteiger charge is 2.27. The quantitative estimate of drug-likeness (QED) is 0.0822. The van der Waals surface area contributed by atoms with Gasteiger partial charge < -0.3 is 41.4 Å². The minimum Gasteiger partial charge on any atom is -0.481 e. The molecular weight excluding hydrogens is 633 g/mol. The molecule has 0 heterocycles. The Balaban J connectivity index is 2.26. The maximum atomic E-state index is 12.9. The van der Waals surface area contributed by atoms with Crippen molar-refractivity contribution in [1.29, 1.82) is 0 Å². The number of ether oxygens (including phenoxy) is 3. The third kappa shape index (κ3) is 13.6. The second kappa shape index (κ2) is 19.5. The molecule has 0 spiro atoms. The van der Waals surface area contributed by atoms with Gasteiger partial charge in [0, 0.05) is 6.07 Å². The Hall–Kier alpha value is -1.97. The number of hydrogen-bond donors (Lipinski definition) is 0. The Kier molecular flexibility index (Phi) is 17.0. The molecule has 2 aromatic carbocycles. The van der Waals surface area contributed by atoms with Crippen LogP contribution in [0.25, 0.3) is 12.2 Å². The van der Waals surface area contributed by atoms with Crippen LogP contribution in [0.5, 0.6) is 17.2 Å². The van der Waals surface area contributed by atoms with Crippen molar-refractivity contribution >= 4 is 34.9 Å². The SMILES string of the molecule is CCOP(=O)(COc1ccc(/C=C/c2cc(OCP(=O)(OCC)OCC)cc(OCP(=O)(OCC)OCC)c2)cc1)OCC. The molecule has 0 unspecified atom stereocenters. The molecule has 0 bridgehead atoms. The van der Waals surface area contributed by atoms with E-state index in [4.69, 9.17) is 41.4 Å². The lowest BCUT2D eigenvalue weighted by Gasteiger charge is -2.19. The summed E-state index contributed by atoms with van der Waals surface area (Å²) < 4.78 is 87.6. The van der Waals surface area contributed by atoms with E-state index in [9.17, 15) is 13.7 Å². The fourth-order valence-electron chi connectivity index (χ4n) is 3.70. The van der Waals surface area contributed by atoms with E-state index >= 15 is 0 Å². The van der Waals surface area contributed by atoms with E-state index in [1.807, 2.05) is 24.3 Å². The number of rotatable bonds is 23. The molecule has 44 heavy (non-hydrogen) atoms. The monoisotopic (exact) mass is 678 g/mol. The van der Waals surface area contributed by atoms with Crippen LogP contribution in [0, 0.1) is 0 Å². The number of benzene rings is 2. The van der Waals surface area contributed by atoms with E-state index in [-0.39, 0.29) is 58.7 Å². The highest BCUT2D eigenvalue weighted by Crippen LogP contribution is 2.50. The first-order chi connectivity index (χ1) is 21.0. The zero-order chi connectivity index (χ0) is 32.5. The molecule has 0 saturated heterocycles. The van der Waals surface area contributed by atoms with Gasteiger partial charge in [0.15, 0.2) is 19.0 Å². The number of hydrogen-bond acceptors (Lipinski definition) is 12. The van der Waals surface area contributed by atoms with Crippen molar-refractivity contribution in [3.8, 4) is 17.2 Å². The van der Waals surface area contributed by atoms with Gasteiger partial charge in [0.05, 0.1) is 39.6 Å². The van der Waals surface area contributed by atoms with Gasteiger partial charge in [-0.05, 0) is 76.9 Å². The van der Waals surface area contributed by atoms with Crippen LogP contribution in [-0.2, 0) is 40.8 Å². The second-order valence-corrected chi connectivity index (χ2v) is 14.8. The van der Waals surface area contributed by atoms with Gasteiger partial charge in [0.1, 0.15) is 17.2 Å². The normalized spacial score (nSPS) is 12.5. The molecule has 0 N–H and O–H groups in total. The van der Waals surface area contributed by atoms with Crippen LogP contribution >= 0.6 is 22.8 Å². The van der Waals surface area contributed by atoms with Gasteiger partial charge in [-0.2, -0.15) is 0 Å². The Morgan fingerprint density at radius 3 is 1.11 bits per heavy atom.